The standard InChI is InChI=1S/C14H8O4/c15-13(16)7-4-5-8-9-2-1-3-10(14(17)18)12(9)11(8)6-7/h1-6H,(H,15,16)(H,17,18). The largest absolute Gasteiger partial charge is 0.478 e. The molecule has 0 aromatic heterocycles. The zero-order chi connectivity index (χ0) is 12.9. The van der Waals surface area contributed by atoms with Crippen LogP contribution in [0.3, 0.4) is 0 Å². The molecule has 0 atom stereocenters. The van der Waals surface area contributed by atoms with Gasteiger partial charge in [0.05, 0.1) is 11.1 Å². The fourth-order valence-corrected chi connectivity index (χ4v) is 2.30. The summed E-state index contributed by atoms with van der Waals surface area (Å²) in [5, 5.41) is 18.0. The molecule has 88 valence electrons. The van der Waals surface area contributed by atoms with Gasteiger partial charge in [0.15, 0.2) is 0 Å². The van der Waals surface area contributed by atoms with Crippen LogP contribution in [-0.2, 0) is 0 Å². The zero-order valence-electron chi connectivity index (χ0n) is 9.18. The van der Waals surface area contributed by atoms with Crippen molar-refractivity contribution in [1.29, 1.82) is 0 Å². The van der Waals surface area contributed by atoms with Crippen molar-refractivity contribution in [2.24, 2.45) is 0 Å². The van der Waals surface area contributed by atoms with Crippen LogP contribution in [0.1, 0.15) is 20.7 Å². The third-order valence-corrected chi connectivity index (χ3v) is 3.12. The molecule has 0 saturated carbocycles. The van der Waals surface area contributed by atoms with Crippen molar-refractivity contribution >= 4 is 11.9 Å². The van der Waals surface area contributed by atoms with E-state index in [1.807, 2.05) is 6.07 Å². The molecule has 18 heavy (non-hydrogen) atoms. The Morgan fingerprint density at radius 2 is 1.61 bits per heavy atom. The van der Waals surface area contributed by atoms with Gasteiger partial charge in [-0.2, -0.15) is 0 Å². The van der Waals surface area contributed by atoms with Crippen LogP contribution in [0, 0.1) is 0 Å². The summed E-state index contributed by atoms with van der Waals surface area (Å²) in [5.74, 6) is -2.02. The predicted molar refractivity (Wildman–Crippen MR) is 64.8 cm³/mol. The lowest BCUT2D eigenvalue weighted by Gasteiger charge is -2.25. The van der Waals surface area contributed by atoms with Crippen molar-refractivity contribution in [3.05, 3.63) is 47.5 Å². The van der Waals surface area contributed by atoms with Gasteiger partial charge in [0.2, 0.25) is 0 Å². The third-order valence-electron chi connectivity index (χ3n) is 3.12. The topological polar surface area (TPSA) is 74.6 Å². The molecule has 1 aliphatic rings. The molecular weight excluding hydrogens is 232 g/mol. The summed E-state index contributed by atoms with van der Waals surface area (Å²) >= 11 is 0. The Labute approximate surface area is 102 Å². The zero-order valence-corrected chi connectivity index (χ0v) is 9.18. The van der Waals surface area contributed by atoms with E-state index in [0.717, 1.165) is 11.1 Å². The number of carbonyl (C=O) groups is 2. The highest BCUT2D eigenvalue weighted by Crippen LogP contribution is 2.49. The molecule has 0 unspecified atom stereocenters. The second kappa shape index (κ2) is 3.43. The van der Waals surface area contributed by atoms with Crippen LogP contribution in [0.4, 0.5) is 0 Å². The van der Waals surface area contributed by atoms with Gasteiger partial charge in [0.1, 0.15) is 0 Å². The first kappa shape index (κ1) is 10.5. The summed E-state index contributed by atoms with van der Waals surface area (Å²) in [6.07, 6.45) is 0. The van der Waals surface area contributed by atoms with Crippen molar-refractivity contribution < 1.29 is 19.8 Å². The number of aromatic carboxylic acids is 2. The van der Waals surface area contributed by atoms with Crippen LogP contribution in [0.25, 0.3) is 22.3 Å². The van der Waals surface area contributed by atoms with E-state index in [4.69, 9.17) is 10.2 Å². The Balaban J connectivity index is 2.22. The van der Waals surface area contributed by atoms with Crippen LogP contribution in [0.5, 0.6) is 0 Å². The second-order valence-corrected chi connectivity index (χ2v) is 4.10. The molecule has 0 radical (unpaired) electrons. The smallest absolute Gasteiger partial charge is 0.336 e. The Bertz CT molecular complexity index is 701. The van der Waals surface area contributed by atoms with E-state index in [2.05, 4.69) is 0 Å². The lowest BCUT2D eigenvalue weighted by molar-refractivity contribution is 0.0687. The Hall–Kier alpha value is -2.62. The van der Waals surface area contributed by atoms with Crippen molar-refractivity contribution in [1.82, 2.24) is 0 Å². The monoisotopic (exact) mass is 240 g/mol. The van der Waals surface area contributed by atoms with Crippen LogP contribution < -0.4 is 0 Å². The number of rotatable bonds is 2. The normalized spacial score (nSPS) is 11.1. The Morgan fingerprint density at radius 1 is 0.833 bits per heavy atom. The van der Waals surface area contributed by atoms with Gasteiger partial charge in [0.25, 0.3) is 0 Å². The van der Waals surface area contributed by atoms with Crippen LogP contribution in [0.15, 0.2) is 36.4 Å². The van der Waals surface area contributed by atoms with Crippen molar-refractivity contribution in [3.8, 4) is 22.3 Å². The van der Waals surface area contributed by atoms with Crippen LogP contribution >= 0.6 is 0 Å². The molecule has 2 aromatic carbocycles. The first-order valence-electron chi connectivity index (χ1n) is 5.34. The van der Waals surface area contributed by atoms with Gasteiger partial charge in [0, 0.05) is 5.56 Å². The first-order valence-corrected chi connectivity index (χ1v) is 5.34. The van der Waals surface area contributed by atoms with Crippen molar-refractivity contribution in [3.63, 3.8) is 0 Å². The molecule has 0 aliphatic heterocycles. The maximum absolute atomic E-state index is 11.1. The predicted octanol–water partition coefficient (Wildman–Crippen LogP) is 2.73. The van der Waals surface area contributed by atoms with Gasteiger partial charge in [-0.3, -0.25) is 0 Å². The van der Waals surface area contributed by atoms with Gasteiger partial charge >= 0.3 is 11.9 Å². The third kappa shape index (κ3) is 1.26. The van der Waals surface area contributed by atoms with E-state index in [-0.39, 0.29) is 11.1 Å². The molecule has 2 N–H and O–H groups in total. The first-order chi connectivity index (χ1) is 8.59. The summed E-state index contributed by atoms with van der Waals surface area (Å²) in [7, 11) is 0. The molecule has 2 aromatic rings. The number of benzene rings is 2. The fraction of sp³-hybridized carbons (Fsp3) is 0. The number of carboxylic acids is 2. The quantitative estimate of drug-likeness (QED) is 0.722. The molecule has 0 amide bonds. The molecule has 0 bridgehead atoms. The molecular formula is C14H8O4. The van der Waals surface area contributed by atoms with E-state index >= 15 is 0 Å². The maximum Gasteiger partial charge on any atom is 0.336 e. The van der Waals surface area contributed by atoms with Crippen LogP contribution in [0.2, 0.25) is 0 Å². The minimum Gasteiger partial charge on any atom is -0.478 e. The molecule has 0 spiro atoms. The summed E-state index contributed by atoms with van der Waals surface area (Å²) in [5.41, 5.74) is 3.47. The highest BCUT2D eigenvalue weighted by atomic mass is 16.4. The van der Waals surface area contributed by atoms with Gasteiger partial charge in [-0.15, -0.1) is 0 Å². The SMILES string of the molecule is O=C(O)c1ccc2c(c1)-c1c(C(=O)O)cccc1-2. The van der Waals surface area contributed by atoms with Gasteiger partial charge in [-0.1, -0.05) is 18.2 Å². The van der Waals surface area contributed by atoms with Crippen molar-refractivity contribution in [2.45, 2.75) is 0 Å². The summed E-state index contributed by atoms with van der Waals surface area (Å²) in [6, 6.07) is 9.81. The number of fused-ring (bicyclic) bond motifs is 4. The van der Waals surface area contributed by atoms with Crippen molar-refractivity contribution in [2.75, 3.05) is 0 Å². The number of carboxylic acid groups (broad SMARTS) is 2. The van der Waals surface area contributed by atoms with E-state index in [1.54, 1.807) is 12.1 Å². The number of hydrogen-bond donors (Lipinski definition) is 2. The van der Waals surface area contributed by atoms with E-state index in [0.29, 0.717) is 11.1 Å². The Kier molecular flexibility index (Phi) is 2.01. The molecule has 4 nitrogen and oxygen atoms in total. The van der Waals surface area contributed by atoms with Gasteiger partial charge in [-0.25, -0.2) is 9.59 Å². The average Bonchev–Trinajstić information content (AvgIpc) is 2.34. The number of hydrogen-bond acceptors (Lipinski definition) is 2. The van der Waals surface area contributed by atoms with Gasteiger partial charge < -0.3 is 10.2 Å². The van der Waals surface area contributed by atoms with E-state index in [1.165, 1.54) is 18.2 Å². The van der Waals surface area contributed by atoms with Gasteiger partial charge in [-0.05, 0) is 34.9 Å². The highest BCUT2D eigenvalue weighted by molar-refractivity contribution is 6.12. The minimum absolute atomic E-state index is 0.166. The van der Waals surface area contributed by atoms with E-state index < -0.39 is 11.9 Å². The molecule has 0 fully saturated rings. The lowest BCUT2D eigenvalue weighted by Crippen LogP contribution is -2.09. The van der Waals surface area contributed by atoms with Crippen LogP contribution in [-0.4, -0.2) is 22.2 Å². The maximum atomic E-state index is 11.1. The molecule has 4 heteroatoms. The molecule has 0 saturated heterocycles. The minimum atomic E-state index is -1.01. The van der Waals surface area contributed by atoms with E-state index in [9.17, 15) is 9.59 Å². The highest BCUT2D eigenvalue weighted by Gasteiger charge is 2.28. The lowest BCUT2D eigenvalue weighted by atomic mass is 9.77. The summed E-state index contributed by atoms with van der Waals surface area (Å²) in [6.45, 7) is 0. The molecule has 1 aliphatic carbocycles. The summed E-state index contributed by atoms with van der Waals surface area (Å²) < 4.78 is 0. The average molecular weight is 240 g/mol. The second-order valence-electron chi connectivity index (χ2n) is 4.10. The Morgan fingerprint density at radius 3 is 2.28 bits per heavy atom. The molecule has 3 rings (SSSR count). The summed E-state index contributed by atoms with van der Waals surface area (Å²) in [4.78, 5) is 22.0. The fourth-order valence-electron chi connectivity index (χ4n) is 2.30. The molecule has 0 heterocycles.